The van der Waals surface area contributed by atoms with Gasteiger partial charge >= 0.3 is 17.9 Å². The largest absolute Gasteiger partial charge is 0.507 e. The zero-order valence-electron chi connectivity index (χ0n) is 21.0. The zero-order chi connectivity index (χ0) is 26.4. The number of esters is 3. The number of phenols is 2. The third-order valence-corrected chi connectivity index (χ3v) is 6.18. The van der Waals surface area contributed by atoms with Crippen molar-refractivity contribution in [3.8, 4) is 11.5 Å². The van der Waals surface area contributed by atoms with Gasteiger partial charge in [0.1, 0.15) is 29.2 Å². The van der Waals surface area contributed by atoms with Crippen LogP contribution in [0.4, 0.5) is 0 Å². The summed E-state index contributed by atoms with van der Waals surface area (Å²) in [4.78, 5) is 35.0. The van der Waals surface area contributed by atoms with Gasteiger partial charge in [0.05, 0.1) is 19.8 Å². The van der Waals surface area contributed by atoms with E-state index >= 15 is 0 Å². The van der Waals surface area contributed by atoms with Crippen LogP contribution in [0.5, 0.6) is 11.5 Å². The van der Waals surface area contributed by atoms with Gasteiger partial charge in [-0.25, -0.2) is 14.4 Å². The fraction of sp³-hybridized carbons (Fsp3) is 0.370. The summed E-state index contributed by atoms with van der Waals surface area (Å²) in [5.41, 5.74) is 5.43. The van der Waals surface area contributed by atoms with Crippen LogP contribution in [0.1, 0.15) is 78.3 Å². The van der Waals surface area contributed by atoms with Gasteiger partial charge in [-0.15, -0.1) is 6.58 Å². The summed E-state index contributed by atoms with van der Waals surface area (Å²) in [6.07, 6.45) is 3.76. The van der Waals surface area contributed by atoms with Gasteiger partial charge in [-0.1, -0.05) is 19.9 Å². The van der Waals surface area contributed by atoms with Gasteiger partial charge in [-0.05, 0) is 61.4 Å². The number of phenolic OH excluding ortho intramolecular Hbond substituents is 2. The summed E-state index contributed by atoms with van der Waals surface area (Å²) in [7, 11) is 2.41. The molecule has 2 aromatic rings. The number of allylic oxidation sites excluding steroid dienone is 1. The van der Waals surface area contributed by atoms with Crippen LogP contribution in [0, 0.1) is 13.8 Å². The molecule has 0 fully saturated rings. The molecule has 0 amide bonds. The molecule has 0 spiro atoms. The Balaban J connectivity index is 0.000000247. The third-order valence-electron chi connectivity index (χ3n) is 6.18. The molecule has 1 aliphatic heterocycles. The first kappa shape index (κ1) is 27.4. The number of cyclic esters (lactones) is 1. The van der Waals surface area contributed by atoms with Crippen LogP contribution < -0.4 is 0 Å². The molecule has 35 heavy (non-hydrogen) atoms. The summed E-state index contributed by atoms with van der Waals surface area (Å²) in [6, 6.07) is 1.47. The van der Waals surface area contributed by atoms with Crippen LogP contribution in [0.2, 0.25) is 0 Å². The molecular formula is C27H32O8. The highest BCUT2D eigenvalue weighted by Gasteiger charge is 2.30. The summed E-state index contributed by atoms with van der Waals surface area (Å²) < 4.78 is 14.2. The lowest BCUT2D eigenvalue weighted by Crippen LogP contribution is -2.15. The molecule has 0 bridgehead atoms. The topological polar surface area (TPSA) is 119 Å². The number of hydrogen-bond acceptors (Lipinski definition) is 8. The van der Waals surface area contributed by atoms with Gasteiger partial charge in [-0.3, -0.25) is 0 Å². The highest BCUT2D eigenvalue weighted by Crippen LogP contribution is 2.38. The second-order valence-electron chi connectivity index (χ2n) is 7.97. The lowest BCUT2D eigenvalue weighted by atomic mass is 9.89. The van der Waals surface area contributed by atoms with E-state index in [4.69, 9.17) is 4.74 Å². The van der Waals surface area contributed by atoms with E-state index in [9.17, 15) is 24.6 Å². The van der Waals surface area contributed by atoms with Crippen molar-refractivity contribution in [2.24, 2.45) is 0 Å². The Labute approximate surface area is 205 Å². The molecule has 3 rings (SSSR count). The van der Waals surface area contributed by atoms with Crippen molar-refractivity contribution in [2.45, 2.75) is 53.6 Å². The fourth-order valence-corrected chi connectivity index (χ4v) is 4.34. The van der Waals surface area contributed by atoms with Crippen molar-refractivity contribution in [3.63, 3.8) is 0 Å². The predicted molar refractivity (Wildman–Crippen MR) is 130 cm³/mol. The van der Waals surface area contributed by atoms with E-state index in [0.29, 0.717) is 24.0 Å². The Morgan fingerprint density at radius 2 is 1.63 bits per heavy atom. The van der Waals surface area contributed by atoms with E-state index in [1.54, 1.807) is 13.0 Å². The molecule has 2 N–H and O–H groups in total. The average molecular weight is 485 g/mol. The van der Waals surface area contributed by atoms with Crippen molar-refractivity contribution in [3.05, 3.63) is 68.8 Å². The molecule has 0 aliphatic carbocycles. The zero-order valence-corrected chi connectivity index (χ0v) is 21.0. The maximum Gasteiger partial charge on any atom is 0.342 e. The molecular weight excluding hydrogens is 452 g/mol. The van der Waals surface area contributed by atoms with E-state index in [-0.39, 0.29) is 29.2 Å². The van der Waals surface area contributed by atoms with Crippen molar-refractivity contribution in [1.29, 1.82) is 0 Å². The Kier molecular flexibility index (Phi) is 9.05. The molecule has 0 saturated carbocycles. The third kappa shape index (κ3) is 5.16. The number of aromatic hydroxyl groups is 2. The first-order chi connectivity index (χ1) is 16.6. The fourth-order valence-electron chi connectivity index (χ4n) is 4.34. The minimum Gasteiger partial charge on any atom is -0.507 e. The number of ether oxygens (including phenoxy) is 3. The maximum absolute atomic E-state index is 11.8. The van der Waals surface area contributed by atoms with E-state index in [1.807, 2.05) is 20.8 Å². The average Bonchev–Trinajstić information content (AvgIpc) is 3.24. The van der Waals surface area contributed by atoms with Crippen LogP contribution >= 0.6 is 0 Å². The van der Waals surface area contributed by atoms with Gasteiger partial charge < -0.3 is 24.4 Å². The standard InChI is InChI=1S/C14H16O3.C13H16O5/c1-4-6-10-9(5-2)8(3)11-7-17-14(16)12(11)13(10)15;1-5-8-6-9(14)11(13(16)18-4)10(7(8)2)12(15)17-3/h4,15H,1,5-7H2,2-3H3;6,14H,5H2,1-4H3. The first-order valence-electron chi connectivity index (χ1n) is 11.2. The number of hydrogen-bond donors (Lipinski definition) is 2. The molecule has 0 saturated heterocycles. The van der Waals surface area contributed by atoms with Crippen molar-refractivity contribution in [2.75, 3.05) is 14.2 Å². The Morgan fingerprint density at radius 1 is 1.03 bits per heavy atom. The summed E-state index contributed by atoms with van der Waals surface area (Å²) >= 11 is 0. The molecule has 0 atom stereocenters. The van der Waals surface area contributed by atoms with Gasteiger partial charge in [0.15, 0.2) is 0 Å². The normalized spacial score (nSPS) is 11.7. The van der Waals surface area contributed by atoms with Crippen LogP contribution in [-0.4, -0.2) is 42.3 Å². The first-order valence-corrected chi connectivity index (χ1v) is 11.2. The van der Waals surface area contributed by atoms with E-state index < -0.39 is 17.9 Å². The molecule has 8 heteroatoms. The molecule has 8 nitrogen and oxygen atoms in total. The Morgan fingerprint density at radius 3 is 2.14 bits per heavy atom. The van der Waals surface area contributed by atoms with Crippen molar-refractivity contribution >= 4 is 17.9 Å². The van der Waals surface area contributed by atoms with Gasteiger partial charge in [0.2, 0.25) is 0 Å². The Hall–Kier alpha value is -3.81. The molecule has 0 unspecified atom stereocenters. The van der Waals surface area contributed by atoms with Crippen LogP contribution in [0.3, 0.4) is 0 Å². The smallest absolute Gasteiger partial charge is 0.342 e. The van der Waals surface area contributed by atoms with E-state index in [0.717, 1.165) is 34.2 Å². The number of fused-ring (bicyclic) bond motifs is 1. The molecule has 0 aromatic heterocycles. The van der Waals surface area contributed by atoms with Crippen molar-refractivity contribution < 1.29 is 38.8 Å². The van der Waals surface area contributed by atoms with Gasteiger partial charge in [-0.2, -0.15) is 0 Å². The summed E-state index contributed by atoms with van der Waals surface area (Å²) in [5, 5.41) is 20.1. The quantitative estimate of drug-likeness (QED) is 0.349. The number of carbonyl (C=O) groups excluding carboxylic acids is 3. The lowest BCUT2D eigenvalue weighted by molar-refractivity contribution is 0.0531. The second kappa shape index (κ2) is 11.6. The van der Waals surface area contributed by atoms with E-state index in [1.165, 1.54) is 20.3 Å². The number of benzene rings is 2. The Bertz CT molecular complexity index is 1180. The monoisotopic (exact) mass is 484 g/mol. The summed E-state index contributed by atoms with van der Waals surface area (Å²) in [6.45, 7) is 11.6. The van der Waals surface area contributed by atoms with Crippen molar-refractivity contribution in [1.82, 2.24) is 0 Å². The highest BCUT2D eigenvalue weighted by molar-refractivity contribution is 6.06. The van der Waals surface area contributed by atoms with Crippen LogP contribution in [0.25, 0.3) is 0 Å². The van der Waals surface area contributed by atoms with Crippen LogP contribution in [0.15, 0.2) is 18.7 Å². The molecule has 0 radical (unpaired) electrons. The number of rotatable bonds is 6. The number of carbonyl (C=O) groups is 3. The minimum absolute atomic E-state index is 0.0567. The molecule has 2 aromatic carbocycles. The van der Waals surface area contributed by atoms with Gasteiger partial charge in [0.25, 0.3) is 0 Å². The van der Waals surface area contributed by atoms with E-state index in [2.05, 4.69) is 16.1 Å². The van der Waals surface area contributed by atoms with Gasteiger partial charge in [0, 0.05) is 11.1 Å². The minimum atomic E-state index is -0.765. The molecule has 1 aliphatic rings. The number of methoxy groups -OCH3 is 2. The van der Waals surface area contributed by atoms with Crippen LogP contribution in [-0.2, 0) is 40.1 Å². The lowest BCUT2D eigenvalue weighted by Gasteiger charge is -2.15. The molecule has 1 heterocycles. The summed E-state index contributed by atoms with van der Waals surface area (Å²) in [5.74, 6) is -2.06. The predicted octanol–water partition coefficient (Wildman–Crippen LogP) is 4.50. The maximum atomic E-state index is 11.8. The second-order valence-corrected chi connectivity index (χ2v) is 7.97. The number of aryl methyl sites for hydroxylation is 1. The highest BCUT2D eigenvalue weighted by atomic mass is 16.5. The SMILES string of the molecule is C=CCc1c(O)c2c(c(C)c1CC)COC2=O.CCc1cc(O)c(C(=O)OC)c(C(=O)OC)c1C. The molecule has 188 valence electrons.